The molecule has 82 valence electrons. The van der Waals surface area contributed by atoms with Gasteiger partial charge in [0.25, 0.3) is 0 Å². The van der Waals surface area contributed by atoms with Crippen molar-refractivity contribution in [1.29, 1.82) is 0 Å². The van der Waals surface area contributed by atoms with Crippen molar-refractivity contribution in [2.24, 2.45) is 5.92 Å². The molecule has 0 N–H and O–H groups in total. The molecule has 0 heterocycles. The van der Waals surface area contributed by atoms with Crippen molar-refractivity contribution in [1.82, 2.24) is 0 Å². The molecule has 0 spiro atoms. The lowest BCUT2D eigenvalue weighted by atomic mass is 10.2. The summed E-state index contributed by atoms with van der Waals surface area (Å²) < 4.78 is 5.37. The highest BCUT2D eigenvalue weighted by Gasteiger charge is 2.16. The van der Waals surface area contributed by atoms with Gasteiger partial charge in [-0.3, -0.25) is 0 Å². The van der Waals surface area contributed by atoms with E-state index in [0.717, 1.165) is 11.5 Å². The lowest BCUT2D eigenvalue weighted by molar-refractivity contribution is 0.199. The molecular weight excluding hydrogens is 196 g/mol. The third-order valence-corrected chi connectivity index (χ3v) is 2.43. The molecule has 1 aliphatic rings. The Kier molecular flexibility index (Phi) is 4.22. The smallest absolute Gasteiger partial charge is 0.108 e. The van der Waals surface area contributed by atoms with Gasteiger partial charge in [-0.05, 0) is 30.9 Å². The number of benzene rings is 1. The molecule has 0 bridgehead atoms. The van der Waals surface area contributed by atoms with Crippen molar-refractivity contribution >= 4 is 0 Å². The Hall–Kier alpha value is -1.52. The number of hydrogen-bond donors (Lipinski definition) is 0. The summed E-state index contributed by atoms with van der Waals surface area (Å²) in [7, 11) is 0. The van der Waals surface area contributed by atoms with E-state index in [1.165, 1.54) is 12.8 Å². The van der Waals surface area contributed by atoms with Gasteiger partial charge in [-0.15, -0.1) is 0 Å². The van der Waals surface area contributed by atoms with Crippen LogP contribution >= 0.6 is 0 Å². The fourth-order valence-electron chi connectivity index (χ4n) is 1.37. The van der Waals surface area contributed by atoms with Crippen LogP contribution < -0.4 is 0 Å². The molecule has 0 atom stereocenters. The van der Waals surface area contributed by atoms with Gasteiger partial charge in [-0.2, -0.15) is 0 Å². The van der Waals surface area contributed by atoms with Crippen molar-refractivity contribution < 1.29 is 4.74 Å². The summed E-state index contributed by atoms with van der Waals surface area (Å²) in [5, 5.41) is 0. The van der Waals surface area contributed by atoms with Crippen LogP contribution in [0.15, 0.2) is 42.5 Å². The van der Waals surface area contributed by atoms with Crippen LogP contribution in [-0.4, -0.2) is 13.2 Å². The second-order valence-electron chi connectivity index (χ2n) is 3.95. The first-order valence-corrected chi connectivity index (χ1v) is 5.73. The van der Waals surface area contributed by atoms with Crippen molar-refractivity contribution in [3.8, 4) is 11.8 Å². The predicted molar refractivity (Wildman–Crippen MR) is 66.0 cm³/mol. The molecular formula is C15H16O. The minimum Gasteiger partial charge on any atom is -0.365 e. The Morgan fingerprint density at radius 2 is 2.06 bits per heavy atom. The molecule has 0 saturated heterocycles. The zero-order chi connectivity index (χ0) is 11.1. The summed E-state index contributed by atoms with van der Waals surface area (Å²) in [5.74, 6) is 6.89. The van der Waals surface area contributed by atoms with E-state index >= 15 is 0 Å². The van der Waals surface area contributed by atoms with Gasteiger partial charge in [0, 0.05) is 5.56 Å². The first-order valence-electron chi connectivity index (χ1n) is 5.73. The standard InChI is InChI=1S/C15H16O/c1-2-6-14(7-3-1)8-4-12-16-13-5-9-15-10-11-15/h1-3,5-7,9,15H,10-13H2/b9-5+. The summed E-state index contributed by atoms with van der Waals surface area (Å²) in [6, 6.07) is 9.97. The van der Waals surface area contributed by atoms with E-state index in [1.54, 1.807) is 0 Å². The summed E-state index contributed by atoms with van der Waals surface area (Å²) in [6.45, 7) is 1.18. The summed E-state index contributed by atoms with van der Waals surface area (Å²) in [4.78, 5) is 0. The lowest BCUT2D eigenvalue weighted by Gasteiger charge is -1.92. The molecule has 2 rings (SSSR count). The maximum Gasteiger partial charge on any atom is 0.108 e. The molecule has 0 aromatic heterocycles. The van der Waals surface area contributed by atoms with Crippen molar-refractivity contribution in [3.63, 3.8) is 0 Å². The quantitative estimate of drug-likeness (QED) is 0.423. The second-order valence-corrected chi connectivity index (χ2v) is 3.95. The highest BCUT2D eigenvalue weighted by Crippen LogP contribution is 2.29. The SMILES string of the molecule is C(#Cc1ccccc1)COC/C=C/C1CC1. The second kappa shape index (κ2) is 6.15. The van der Waals surface area contributed by atoms with Gasteiger partial charge in [0.1, 0.15) is 6.61 Å². The van der Waals surface area contributed by atoms with Gasteiger partial charge >= 0.3 is 0 Å². The first kappa shape index (κ1) is 11.0. The number of allylic oxidation sites excluding steroid dienone is 1. The van der Waals surface area contributed by atoms with Gasteiger partial charge in [0.05, 0.1) is 6.61 Å². The fourth-order valence-corrected chi connectivity index (χ4v) is 1.37. The molecule has 1 heteroatoms. The molecule has 0 aliphatic heterocycles. The Labute approximate surface area is 97.1 Å². The van der Waals surface area contributed by atoms with E-state index in [9.17, 15) is 0 Å². The van der Waals surface area contributed by atoms with E-state index in [4.69, 9.17) is 4.74 Å². The maximum atomic E-state index is 5.37. The van der Waals surface area contributed by atoms with E-state index in [1.807, 2.05) is 30.3 Å². The van der Waals surface area contributed by atoms with Crippen LogP contribution in [0.1, 0.15) is 18.4 Å². The minimum absolute atomic E-state index is 0.504. The monoisotopic (exact) mass is 212 g/mol. The van der Waals surface area contributed by atoms with Crippen molar-refractivity contribution in [3.05, 3.63) is 48.0 Å². The average Bonchev–Trinajstić information content (AvgIpc) is 3.13. The molecule has 16 heavy (non-hydrogen) atoms. The fraction of sp³-hybridized carbons (Fsp3) is 0.333. The van der Waals surface area contributed by atoms with Gasteiger partial charge in [-0.25, -0.2) is 0 Å². The molecule has 1 nitrogen and oxygen atoms in total. The lowest BCUT2D eigenvalue weighted by Crippen LogP contribution is -1.90. The third kappa shape index (κ3) is 4.33. The minimum atomic E-state index is 0.504. The average molecular weight is 212 g/mol. The Bertz CT molecular complexity index is 390. The number of hydrogen-bond acceptors (Lipinski definition) is 1. The molecule has 1 fully saturated rings. The molecule has 0 amide bonds. The van der Waals surface area contributed by atoms with Gasteiger partial charge in [-0.1, -0.05) is 42.2 Å². The summed E-state index contributed by atoms with van der Waals surface area (Å²) in [5.41, 5.74) is 1.04. The molecule has 1 aromatic carbocycles. The van der Waals surface area contributed by atoms with Crippen LogP contribution in [0.4, 0.5) is 0 Å². The first-order chi connectivity index (χ1) is 7.95. The van der Waals surface area contributed by atoms with E-state index in [-0.39, 0.29) is 0 Å². The van der Waals surface area contributed by atoms with Gasteiger partial charge in [0.2, 0.25) is 0 Å². The van der Waals surface area contributed by atoms with Gasteiger partial charge < -0.3 is 4.74 Å². The highest BCUT2D eigenvalue weighted by molar-refractivity contribution is 5.33. The van der Waals surface area contributed by atoms with Crippen LogP contribution in [0, 0.1) is 17.8 Å². The number of ether oxygens (including phenoxy) is 1. The predicted octanol–water partition coefficient (Wildman–Crippen LogP) is 3.02. The topological polar surface area (TPSA) is 9.23 Å². The van der Waals surface area contributed by atoms with Crippen LogP contribution in [0.5, 0.6) is 0 Å². The van der Waals surface area contributed by atoms with Crippen LogP contribution in [0.3, 0.4) is 0 Å². The third-order valence-electron chi connectivity index (χ3n) is 2.43. The highest BCUT2D eigenvalue weighted by atomic mass is 16.5. The number of rotatable bonds is 4. The Balaban J connectivity index is 1.62. The summed E-state index contributed by atoms with van der Waals surface area (Å²) in [6.07, 6.45) is 7.04. The van der Waals surface area contributed by atoms with Crippen LogP contribution in [0.2, 0.25) is 0 Å². The molecule has 1 saturated carbocycles. The van der Waals surface area contributed by atoms with E-state index in [2.05, 4.69) is 24.0 Å². The Morgan fingerprint density at radius 1 is 1.25 bits per heavy atom. The zero-order valence-electron chi connectivity index (χ0n) is 9.36. The Morgan fingerprint density at radius 3 is 2.81 bits per heavy atom. The van der Waals surface area contributed by atoms with Crippen molar-refractivity contribution in [2.75, 3.05) is 13.2 Å². The molecule has 1 aliphatic carbocycles. The van der Waals surface area contributed by atoms with Crippen molar-refractivity contribution in [2.45, 2.75) is 12.8 Å². The van der Waals surface area contributed by atoms with Crippen LogP contribution in [0.25, 0.3) is 0 Å². The molecule has 1 aromatic rings. The zero-order valence-corrected chi connectivity index (χ0v) is 9.36. The van der Waals surface area contributed by atoms with E-state index < -0.39 is 0 Å². The summed E-state index contributed by atoms with van der Waals surface area (Å²) >= 11 is 0. The largest absolute Gasteiger partial charge is 0.365 e. The normalized spacial score (nSPS) is 14.8. The molecule has 0 radical (unpaired) electrons. The van der Waals surface area contributed by atoms with Gasteiger partial charge in [0.15, 0.2) is 0 Å². The van der Waals surface area contributed by atoms with Crippen LogP contribution in [-0.2, 0) is 4.74 Å². The molecule has 0 unspecified atom stereocenters. The maximum absolute atomic E-state index is 5.37. The van der Waals surface area contributed by atoms with E-state index in [0.29, 0.717) is 13.2 Å².